The van der Waals surface area contributed by atoms with Gasteiger partial charge in [0.05, 0.1) is 59.5 Å². The minimum absolute atomic E-state index is 0.196. The zero-order chi connectivity index (χ0) is 12.9. The highest BCUT2D eigenvalue weighted by Gasteiger charge is 2.07. The Morgan fingerprint density at radius 3 is 1.44 bits per heavy atom. The first-order valence-electron chi connectivity index (χ1n) is 6.69. The quantitative estimate of drug-likeness (QED) is 0.601. The van der Waals surface area contributed by atoms with E-state index in [4.69, 9.17) is 24.1 Å². The second-order valence-corrected chi connectivity index (χ2v) is 4.17. The number of hydrogen-bond acceptors (Lipinski definition) is 5. The van der Waals surface area contributed by atoms with Crippen molar-refractivity contribution in [2.24, 2.45) is 0 Å². The normalized spacial score (nSPS) is 23.2. The molecule has 1 aliphatic heterocycles. The monoisotopic (exact) mass is 264 g/mol. The first-order valence-corrected chi connectivity index (χ1v) is 6.69. The summed E-state index contributed by atoms with van der Waals surface area (Å²) in [6.07, 6.45) is 0. The van der Waals surface area contributed by atoms with Crippen molar-refractivity contribution in [1.82, 2.24) is 0 Å². The molecular formula is C12H26NO5+. The molecule has 1 fully saturated rings. The van der Waals surface area contributed by atoms with Crippen LogP contribution in [0.25, 0.3) is 0 Å². The van der Waals surface area contributed by atoms with Gasteiger partial charge in [-0.1, -0.05) is 0 Å². The minimum atomic E-state index is 0.196. The van der Waals surface area contributed by atoms with Crippen molar-refractivity contribution < 1.29 is 29.0 Å². The van der Waals surface area contributed by atoms with E-state index >= 15 is 0 Å². The van der Waals surface area contributed by atoms with Gasteiger partial charge in [-0.15, -0.1) is 0 Å². The number of aliphatic hydroxyl groups excluding tert-OH is 1. The van der Waals surface area contributed by atoms with Crippen molar-refractivity contribution in [1.29, 1.82) is 0 Å². The van der Waals surface area contributed by atoms with Crippen LogP contribution in [0.15, 0.2) is 0 Å². The summed E-state index contributed by atoms with van der Waals surface area (Å²) in [6, 6.07) is 0. The smallest absolute Gasteiger partial charge is 0.101 e. The van der Waals surface area contributed by atoms with Crippen molar-refractivity contribution in [2.45, 2.75) is 0 Å². The maximum absolute atomic E-state index is 8.98. The van der Waals surface area contributed by atoms with Crippen molar-refractivity contribution in [3.8, 4) is 0 Å². The second kappa shape index (κ2) is 11.8. The third-order valence-corrected chi connectivity index (χ3v) is 2.78. The summed E-state index contributed by atoms with van der Waals surface area (Å²) in [4.78, 5) is 1.30. The van der Waals surface area contributed by atoms with Crippen LogP contribution < -0.4 is 4.90 Å². The van der Waals surface area contributed by atoms with Crippen molar-refractivity contribution in [3.05, 3.63) is 0 Å². The molecule has 0 unspecified atom stereocenters. The van der Waals surface area contributed by atoms with Gasteiger partial charge >= 0.3 is 0 Å². The first kappa shape index (κ1) is 15.8. The molecule has 6 nitrogen and oxygen atoms in total. The lowest BCUT2D eigenvalue weighted by atomic mass is 10.4. The van der Waals surface area contributed by atoms with Crippen molar-refractivity contribution >= 4 is 0 Å². The van der Waals surface area contributed by atoms with Gasteiger partial charge in [0.25, 0.3) is 0 Å². The Hall–Kier alpha value is -0.240. The molecule has 0 aromatic carbocycles. The number of hydrogen-bond donors (Lipinski definition) is 2. The van der Waals surface area contributed by atoms with Crippen LogP contribution in [0, 0.1) is 0 Å². The molecule has 0 aromatic rings. The number of aliphatic hydroxyl groups is 1. The summed E-state index contributed by atoms with van der Waals surface area (Å²) in [5.41, 5.74) is 0. The van der Waals surface area contributed by atoms with E-state index in [1.54, 1.807) is 0 Å². The van der Waals surface area contributed by atoms with Crippen molar-refractivity contribution in [3.63, 3.8) is 0 Å². The Kier molecular flexibility index (Phi) is 10.4. The Bertz CT molecular complexity index is 166. The molecule has 6 heteroatoms. The molecule has 0 atom stereocenters. The lowest BCUT2D eigenvalue weighted by Crippen LogP contribution is -3.13. The van der Waals surface area contributed by atoms with Crippen molar-refractivity contribution in [2.75, 3.05) is 79.1 Å². The van der Waals surface area contributed by atoms with E-state index < -0.39 is 0 Å². The largest absolute Gasteiger partial charge is 0.391 e. The number of ether oxygens (including phenoxy) is 4. The van der Waals surface area contributed by atoms with Crippen LogP contribution in [0.3, 0.4) is 0 Å². The summed E-state index contributed by atoms with van der Waals surface area (Å²) in [6.45, 7) is 7.74. The lowest BCUT2D eigenvalue weighted by molar-refractivity contribution is -0.901. The second-order valence-electron chi connectivity index (χ2n) is 4.17. The molecule has 0 aliphatic carbocycles. The summed E-state index contributed by atoms with van der Waals surface area (Å²) in [5.74, 6) is 0. The fraction of sp³-hybridized carbons (Fsp3) is 1.00. The van der Waals surface area contributed by atoms with E-state index in [9.17, 15) is 0 Å². The molecule has 1 rings (SSSR count). The Balaban J connectivity index is 2.20. The van der Waals surface area contributed by atoms with E-state index in [2.05, 4.69) is 0 Å². The fourth-order valence-electron chi connectivity index (χ4n) is 1.73. The summed E-state index contributed by atoms with van der Waals surface area (Å²) < 4.78 is 21.6. The van der Waals surface area contributed by atoms with Gasteiger partial charge in [0, 0.05) is 0 Å². The van der Waals surface area contributed by atoms with E-state index in [0.29, 0.717) is 52.9 Å². The predicted octanol–water partition coefficient (Wildman–Crippen LogP) is -2.06. The molecule has 0 radical (unpaired) electrons. The number of quaternary nitrogens is 1. The van der Waals surface area contributed by atoms with Crippen LogP contribution in [0.4, 0.5) is 0 Å². The van der Waals surface area contributed by atoms with Crippen LogP contribution in [0.2, 0.25) is 0 Å². The first-order chi connectivity index (χ1) is 8.93. The van der Waals surface area contributed by atoms with Gasteiger partial charge in [-0.25, -0.2) is 0 Å². The highest BCUT2D eigenvalue weighted by Crippen LogP contribution is 1.82. The molecule has 0 aromatic heterocycles. The molecule has 0 bridgehead atoms. The highest BCUT2D eigenvalue weighted by atomic mass is 16.6. The molecule has 1 saturated heterocycles. The summed E-state index contributed by atoms with van der Waals surface area (Å²) >= 11 is 0. The van der Waals surface area contributed by atoms with E-state index in [-0.39, 0.29) is 6.61 Å². The van der Waals surface area contributed by atoms with Gasteiger partial charge in [-0.05, 0) is 0 Å². The highest BCUT2D eigenvalue weighted by molar-refractivity contribution is 4.38. The van der Waals surface area contributed by atoms with E-state index in [1.807, 2.05) is 0 Å². The zero-order valence-corrected chi connectivity index (χ0v) is 11.1. The SMILES string of the molecule is OCC[NH+]1CCOCCOCCOCCOCC1. The summed E-state index contributed by atoms with van der Waals surface area (Å²) in [7, 11) is 0. The van der Waals surface area contributed by atoms with E-state index in [0.717, 1.165) is 19.6 Å². The van der Waals surface area contributed by atoms with Gasteiger partial charge in [-0.3, -0.25) is 0 Å². The third kappa shape index (κ3) is 8.79. The molecule has 1 heterocycles. The van der Waals surface area contributed by atoms with Crippen LogP contribution in [0.1, 0.15) is 0 Å². The maximum Gasteiger partial charge on any atom is 0.101 e. The molecule has 0 saturated carbocycles. The Morgan fingerprint density at radius 1 is 0.667 bits per heavy atom. The average molecular weight is 264 g/mol. The van der Waals surface area contributed by atoms with Gasteiger partial charge in [0.2, 0.25) is 0 Å². The van der Waals surface area contributed by atoms with Crippen LogP contribution in [0.5, 0.6) is 0 Å². The molecule has 0 amide bonds. The fourth-order valence-corrected chi connectivity index (χ4v) is 1.73. The molecule has 0 spiro atoms. The van der Waals surface area contributed by atoms with Crippen LogP contribution in [-0.4, -0.2) is 84.2 Å². The van der Waals surface area contributed by atoms with Gasteiger partial charge in [0.15, 0.2) is 0 Å². The molecule has 18 heavy (non-hydrogen) atoms. The lowest BCUT2D eigenvalue weighted by Gasteiger charge is -2.18. The average Bonchev–Trinajstić information content (AvgIpc) is 2.39. The number of nitrogens with one attached hydrogen (secondary N) is 1. The molecule has 108 valence electrons. The van der Waals surface area contributed by atoms with Gasteiger partial charge < -0.3 is 29.0 Å². The Morgan fingerprint density at radius 2 is 1.06 bits per heavy atom. The predicted molar refractivity (Wildman–Crippen MR) is 65.9 cm³/mol. The van der Waals surface area contributed by atoms with Crippen LogP contribution >= 0.6 is 0 Å². The standard InChI is InChI=1S/C12H25NO5/c14-4-1-13-2-5-15-7-9-17-11-12-18-10-8-16-6-3-13/h14H,1-12H2/p+1. The molecule has 2 N–H and O–H groups in total. The summed E-state index contributed by atoms with van der Waals surface area (Å²) in [5, 5.41) is 8.98. The molecular weight excluding hydrogens is 238 g/mol. The third-order valence-electron chi connectivity index (χ3n) is 2.78. The topological polar surface area (TPSA) is 61.6 Å². The molecule has 1 aliphatic rings. The number of rotatable bonds is 2. The van der Waals surface area contributed by atoms with Gasteiger partial charge in [0.1, 0.15) is 19.6 Å². The maximum atomic E-state index is 8.98. The van der Waals surface area contributed by atoms with Gasteiger partial charge in [-0.2, -0.15) is 0 Å². The minimum Gasteiger partial charge on any atom is -0.391 e. The Labute approximate surface area is 109 Å². The zero-order valence-electron chi connectivity index (χ0n) is 11.1. The van der Waals surface area contributed by atoms with Crippen LogP contribution in [-0.2, 0) is 18.9 Å². The van der Waals surface area contributed by atoms with E-state index in [1.165, 1.54) is 4.90 Å².